The maximum atomic E-state index is 13.0. The zero-order chi connectivity index (χ0) is 15.1. The molecule has 0 heterocycles. The molecule has 0 radical (unpaired) electrons. The molecule has 112 valence electrons. The molecule has 2 heteroatoms. The molecule has 2 rings (SSSR count). The average molecular weight is 285 g/mol. The average Bonchev–Trinajstić information content (AvgIpc) is 2.49. The predicted molar refractivity (Wildman–Crippen MR) is 86.7 cm³/mol. The molecule has 21 heavy (non-hydrogen) atoms. The van der Waals surface area contributed by atoms with Gasteiger partial charge in [-0.25, -0.2) is 4.39 Å². The summed E-state index contributed by atoms with van der Waals surface area (Å²) in [7, 11) is 0. The summed E-state index contributed by atoms with van der Waals surface area (Å²) in [5.74, 6) is 0.303. The Morgan fingerprint density at radius 1 is 0.952 bits per heavy atom. The first kappa shape index (κ1) is 15.7. The van der Waals surface area contributed by atoms with Crippen molar-refractivity contribution in [3.05, 3.63) is 71.5 Å². The van der Waals surface area contributed by atoms with E-state index in [9.17, 15) is 4.39 Å². The van der Waals surface area contributed by atoms with Gasteiger partial charge < -0.3 is 5.32 Å². The number of hydrogen-bond acceptors (Lipinski definition) is 1. The maximum Gasteiger partial charge on any atom is 0.123 e. The highest BCUT2D eigenvalue weighted by Gasteiger charge is 2.14. The van der Waals surface area contributed by atoms with E-state index < -0.39 is 0 Å². The summed E-state index contributed by atoms with van der Waals surface area (Å²) < 4.78 is 13.0. The van der Waals surface area contributed by atoms with Crippen molar-refractivity contribution in [2.24, 2.45) is 5.92 Å². The predicted octanol–water partition coefficient (Wildman–Crippen LogP) is 4.75. The van der Waals surface area contributed by atoms with E-state index in [0.717, 1.165) is 24.9 Å². The van der Waals surface area contributed by atoms with Crippen LogP contribution >= 0.6 is 0 Å². The third kappa shape index (κ3) is 4.98. The lowest BCUT2D eigenvalue weighted by atomic mass is 9.96. The minimum Gasteiger partial charge on any atom is -0.310 e. The second-order valence-corrected chi connectivity index (χ2v) is 5.82. The standard InChI is InChI=1S/C19H24FN/c1-15(2)19(17-10-12-18(20)13-11-17)21-14-6-9-16-7-4-3-5-8-16/h3-5,7-8,10-13,15,19,21H,6,9,14H2,1-2H3. The topological polar surface area (TPSA) is 12.0 Å². The number of rotatable bonds is 7. The Labute approximate surface area is 127 Å². The van der Waals surface area contributed by atoms with Gasteiger partial charge in [-0.05, 0) is 48.6 Å². The molecule has 0 aliphatic heterocycles. The Morgan fingerprint density at radius 2 is 1.62 bits per heavy atom. The SMILES string of the molecule is CC(C)C(NCCCc1ccccc1)c1ccc(F)cc1. The fraction of sp³-hybridized carbons (Fsp3) is 0.368. The fourth-order valence-corrected chi connectivity index (χ4v) is 2.60. The summed E-state index contributed by atoms with van der Waals surface area (Å²) in [4.78, 5) is 0. The Morgan fingerprint density at radius 3 is 2.24 bits per heavy atom. The van der Waals surface area contributed by atoms with Crippen LogP contribution in [0.3, 0.4) is 0 Å². The second kappa shape index (κ2) is 7.94. The van der Waals surface area contributed by atoms with Gasteiger partial charge in [0.2, 0.25) is 0 Å². The fourth-order valence-electron chi connectivity index (χ4n) is 2.60. The highest BCUT2D eigenvalue weighted by molar-refractivity contribution is 5.20. The van der Waals surface area contributed by atoms with E-state index in [-0.39, 0.29) is 11.9 Å². The van der Waals surface area contributed by atoms with E-state index in [0.29, 0.717) is 5.92 Å². The van der Waals surface area contributed by atoms with Crippen LogP contribution in [0.5, 0.6) is 0 Å². The molecule has 0 fully saturated rings. The lowest BCUT2D eigenvalue weighted by Gasteiger charge is -2.23. The Balaban J connectivity index is 1.85. The van der Waals surface area contributed by atoms with E-state index in [2.05, 4.69) is 43.4 Å². The number of aryl methyl sites for hydroxylation is 1. The van der Waals surface area contributed by atoms with E-state index >= 15 is 0 Å². The number of halogens is 1. The van der Waals surface area contributed by atoms with Gasteiger partial charge in [0, 0.05) is 6.04 Å². The van der Waals surface area contributed by atoms with Crippen molar-refractivity contribution in [3.8, 4) is 0 Å². The van der Waals surface area contributed by atoms with Gasteiger partial charge in [-0.15, -0.1) is 0 Å². The summed E-state index contributed by atoms with van der Waals surface area (Å²) in [5, 5.41) is 3.60. The van der Waals surface area contributed by atoms with Gasteiger partial charge in [0.05, 0.1) is 0 Å². The first-order valence-electron chi connectivity index (χ1n) is 7.69. The van der Waals surface area contributed by atoms with Crippen LogP contribution in [0.15, 0.2) is 54.6 Å². The van der Waals surface area contributed by atoms with Crippen LogP contribution in [0.4, 0.5) is 4.39 Å². The smallest absolute Gasteiger partial charge is 0.123 e. The normalized spacial score (nSPS) is 12.6. The van der Waals surface area contributed by atoms with Crippen molar-refractivity contribution < 1.29 is 4.39 Å². The molecule has 0 aromatic heterocycles. The highest BCUT2D eigenvalue weighted by atomic mass is 19.1. The molecule has 0 aliphatic rings. The van der Waals surface area contributed by atoms with Crippen LogP contribution in [0.2, 0.25) is 0 Å². The van der Waals surface area contributed by atoms with Gasteiger partial charge >= 0.3 is 0 Å². The van der Waals surface area contributed by atoms with Crippen LogP contribution in [0.25, 0.3) is 0 Å². The lowest BCUT2D eigenvalue weighted by Crippen LogP contribution is -2.27. The van der Waals surface area contributed by atoms with Gasteiger partial charge in [-0.2, -0.15) is 0 Å². The molecule has 1 unspecified atom stereocenters. The van der Waals surface area contributed by atoms with Crippen molar-refractivity contribution in [3.63, 3.8) is 0 Å². The molecule has 1 nitrogen and oxygen atoms in total. The van der Waals surface area contributed by atoms with E-state index in [1.54, 1.807) is 0 Å². The van der Waals surface area contributed by atoms with Crippen LogP contribution in [0.1, 0.15) is 37.4 Å². The number of benzene rings is 2. The van der Waals surface area contributed by atoms with Gasteiger partial charge in [0.15, 0.2) is 0 Å². The zero-order valence-corrected chi connectivity index (χ0v) is 12.9. The summed E-state index contributed by atoms with van der Waals surface area (Å²) >= 11 is 0. The van der Waals surface area contributed by atoms with Crippen LogP contribution in [-0.4, -0.2) is 6.54 Å². The lowest BCUT2D eigenvalue weighted by molar-refractivity contribution is 0.409. The van der Waals surface area contributed by atoms with Gasteiger partial charge in [-0.1, -0.05) is 56.3 Å². The quantitative estimate of drug-likeness (QED) is 0.724. The van der Waals surface area contributed by atoms with E-state index in [4.69, 9.17) is 0 Å². The van der Waals surface area contributed by atoms with Crippen LogP contribution in [-0.2, 0) is 6.42 Å². The third-order valence-corrected chi connectivity index (χ3v) is 3.75. The molecule has 0 spiro atoms. The third-order valence-electron chi connectivity index (χ3n) is 3.75. The van der Waals surface area contributed by atoms with Gasteiger partial charge in [-0.3, -0.25) is 0 Å². The minimum absolute atomic E-state index is 0.176. The molecule has 0 aliphatic carbocycles. The molecule has 1 atom stereocenters. The molecular weight excluding hydrogens is 261 g/mol. The molecule has 1 N–H and O–H groups in total. The van der Waals surface area contributed by atoms with E-state index in [1.807, 2.05) is 18.2 Å². The number of hydrogen-bond donors (Lipinski definition) is 1. The number of nitrogens with one attached hydrogen (secondary N) is 1. The summed E-state index contributed by atoms with van der Waals surface area (Å²) in [6, 6.07) is 17.7. The monoisotopic (exact) mass is 285 g/mol. The van der Waals surface area contributed by atoms with Crippen LogP contribution in [0, 0.1) is 11.7 Å². The largest absolute Gasteiger partial charge is 0.310 e. The Hall–Kier alpha value is -1.67. The molecule has 0 amide bonds. The maximum absolute atomic E-state index is 13.0. The Kier molecular flexibility index (Phi) is 5.94. The van der Waals surface area contributed by atoms with Crippen LogP contribution < -0.4 is 5.32 Å². The van der Waals surface area contributed by atoms with Crippen molar-refractivity contribution in [1.82, 2.24) is 5.32 Å². The van der Waals surface area contributed by atoms with Crippen molar-refractivity contribution in [1.29, 1.82) is 0 Å². The summed E-state index contributed by atoms with van der Waals surface area (Å²) in [6.07, 6.45) is 2.19. The molecule has 0 saturated carbocycles. The summed E-state index contributed by atoms with van der Waals surface area (Å²) in [6.45, 7) is 5.35. The highest BCUT2D eigenvalue weighted by Crippen LogP contribution is 2.21. The minimum atomic E-state index is -0.176. The van der Waals surface area contributed by atoms with Gasteiger partial charge in [0.1, 0.15) is 5.82 Å². The van der Waals surface area contributed by atoms with Gasteiger partial charge in [0.25, 0.3) is 0 Å². The first-order chi connectivity index (χ1) is 10.2. The molecule has 0 bridgehead atoms. The molecule has 0 saturated heterocycles. The van der Waals surface area contributed by atoms with Crippen molar-refractivity contribution in [2.75, 3.05) is 6.54 Å². The zero-order valence-electron chi connectivity index (χ0n) is 12.9. The summed E-state index contributed by atoms with van der Waals surface area (Å²) in [5.41, 5.74) is 2.54. The van der Waals surface area contributed by atoms with E-state index in [1.165, 1.54) is 17.7 Å². The molecule has 2 aromatic carbocycles. The molecular formula is C19H24FN. The Bertz CT molecular complexity index is 519. The van der Waals surface area contributed by atoms with Crippen molar-refractivity contribution >= 4 is 0 Å². The first-order valence-corrected chi connectivity index (χ1v) is 7.69. The van der Waals surface area contributed by atoms with Crippen molar-refractivity contribution in [2.45, 2.75) is 32.7 Å². The molecule has 2 aromatic rings. The second-order valence-electron chi connectivity index (χ2n) is 5.82.